The van der Waals surface area contributed by atoms with Gasteiger partial charge in [-0.25, -0.2) is 0 Å². The number of rotatable bonds is 1. The Morgan fingerprint density at radius 2 is 1.74 bits per heavy atom. The van der Waals surface area contributed by atoms with Crippen molar-refractivity contribution in [2.45, 2.75) is 25.4 Å². The summed E-state index contributed by atoms with van der Waals surface area (Å²) in [5, 5.41) is 9.33. The van der Waals surface area contributed by atoms with Crippen LogP contribution in [-0.4, -0.2) is 29.0 Å². The third-order valence-corrected chi connectivity index (χ3v) is 3.14. The fourth-order valence-electron chi connectivity index (χ4n) is 2.18. The number of carbonyl (C=O) groups is 1. The molecule has 0 unspecified atom stereocenters. The second kappa shape index (κ2) is 5.11. The first-order chi connectivity index (χ1) is 8.88. The van der Waals surface area contributed by atoms with E-state index in [9.17, 15) is 23.1 Å². The number of carbonyl (C=O) groups excluding carboxylic acids is 1. The van der Waals surface area contributed by atoms with Crippen molar-refractivity contribution in [1.82, 2.24) is 4.90 Å². The molecule has 104 valence electrons. The van der Waals surface area contributed by atoms with Crippen LogP contribution in [0, 0.1) is 0 Å². The van der Waals surface area contributed by atoms with Crippen LogP contribution < -0.4 is 0 Å². The molecule has 19 heavy (non-hydrogen) atoms. The van der Waals surface area contributed by atoms with Crippen LogP contribution in [0.5, 0.6) is 5.75 Å². The minimum Gasteiger partial charge on any atom is -0.508 e. The summed E-state index contributed by atoms with van der Waals surface area (Å²) in [7, 11) is 0. The number of hydrogen-bond donors (Lipinski definition) is 1. The first-order valence-electron chi connectivity index (χ1n) is 6.08. The minimum absolute atomic E-state index is 0.116. The van der Waals surface area contributed by atoms with Crippen molar-refractivity contribution >= 4 is 5.91 Å². The monoisotopic (exact) mass is 273 g/mol. The molecule has 1 aliphatic heterocycles. The van der Waals surface area contributed by atoms with E-state index in [0.717, 1.165) is 31.4 Å². The lowest BCUT2D eigenvalue weighted by Gasteiger charge is -2.27. The summed E-state index contributed by atoms with van der Waals surface area (Å²) >= 11 is 0. The first kappa shape index (κ1) is 13.7. The van der Waals surface area contributed by atoms with Gasteiger partial charge in [0.1, 0.15) is 5.75 Å². The Morgan fingerprint density at radius 3 is 2.32 bits per heavy atom. The third kappa shape index (κ3) is 3.19. The molecule has 0 spiro atoms. The number of hydrogen-bond acceptors (Lipinski definition) is 2. The Bertz CT molecular complexity index is 479. The van der Waals surface area contributed by atoms with Crippen LogP contribution in [0.4, 0.5) is 13.2 Å². The molecular weight excluding hydrogens is 259 g/mol. The molecule has 0 aromatic heterocycles. The average Bonchev–Trinajstić information content (AvgIpc) is 2.37. The Kier molecular flexibility index (Phi) is 3.68. The highest BCUT2D eigenvalue weighted by atomic mass is 19.4. The molecular formula is C13H14F3NO2. The van der Waals surface area contributed by atoms with E-state index < -0.39 is 23.4 Å². The number of phenolic OH excluding ortho intramolecular Hbond substituents is 1. The Hall–Kier alpha value is -1.72. The maximum absolute atomic E-state index is 12.6. The second-order valence-corrected chi connectivity index (χ2v) is 4.62. The maximum atomic E-state index is 12.6. The smallest absolute Gasteiger partial charge is 0.416 e. The quantitative estimate of drug-likeness (QED) is 0.854. The van der Waals surface area contributed by atoms with E-state index in [0.29, 0.717) is 19.2 Å². The molecule has 1 aliphatic rings. The number of piperidine rings is 1. The highest BCUT2D eigenvalue weighted by Gasteiger charge is 2.32. The van der Waals surface area contributed by atoms with Crippen LogP contribution in [0.25, 0.3) is 0 Å². The predicted octanol–water partition coefficient (Wildman–Crippen LogP) is 3.04. The summed E-state index contributed by atoms with van der Waals surface area (Å²) in [6.07, 6.45) is -1.83. The summed E-state index contributed by atoms with van der Waals surface area (Å²) in [5.74, 6) is -1.00. The van der Waals surface area contributed by atoms with Gasteiger partial charge in [0.05, 0.1) is 5.56 Å². The van der Waals surface area contributed by atoms with E-state index >= 15 is 0 Å². The van der Waals surface area contributed by atoms with Crippen molar-refractivity contribution in [2.75, 3.05) is 13.1 Å². The Morgan fingerprint density at radius 1 is 1.11 bits per heavy atom. The van der Waals surface area contributed by atoms with Crippen molar-refractivity contribution in [3.8, 4) is 5.75 Å². The van der Waals surface area contributed by atoms with Gasteiger partial charge >= 0.3 is 6.18 Å². The largest absolute Gasteiger partial charge is 0.508 e. The topological polar surface area (TPSA) is 40.5 Å². The molecule has 0 atom stereocenters. The molecule has 3 nitrogen and oxygen atoms in total. The zero-order chi connectivity index (χ0) is 14.0. The number of aromatic hydroxyl groups is 1. The zero-order valence-electron chi connectivity index (χ0n) is 10.2. The maximum Gasteiger partial charge on any atom is 0.416 e. The molecule has 2 rings (SSSR count). The molecule has 0 aliphatic carbocycles. The van der Waals surface area contributed by atoms with E-state index in [4.69, 9.17) is 0 Å². The van der Waals surface area contributed by atoms with E-state index in [1.54, 1.807) is 0 Å². The first-order valence-corrected chi connectivity index (χ1v) is 6.08. The molecule has 0 bridgehead atoms. The zero-order valence-corrected chi connectivity index (χ0v) is 10.2. The lowest BCUT2D eigenvalue weighted by Crippen LogP contribution is -2.35. The number of halogens is 3. The standard InChI is InChI=1S/C13H14F3NO2/c14-13(15,16)10-6-9(7-11(18)8-10)12(19)17-4-2-1-3-5-17/h6-8,18H,1-5H2. The van der Waals surface area contributed by atoms with Gasteiger partial charge in [-0.3, -0.25) is 4.79 Å². The highest BCUT2D eigenvalue weighted by Crippen LogP contribution is 2.32. The van der Waals surface area contributed by atoms with Crippen LogP contribution in [0.2, 0.25) is 0 Å². The summed E-state index contributed by atoms with van der Waals surface area (Å²) < 4.78 is 37.9. The lowest BCUT2D eigenvalue weighted by molar-refractivity contribution is -0.137. The fraction of sp³-hybridized carbons (Fsp3) is 0.462. The van der Waals surface area contributed by atoms with Gasteiger partial charge in [-0.2, -0.15) is 13.2 Å². The van der Waals surface area contributed by atoms with Crippen LogP contribution in [0.15, 0.2) is 18.2 Å². The van der Waals surface area contributed by atoms with Crippen molar-refractivity contribution in [3.05, 3.63) is 29.3 Å². The second-order valence-electron chi connectivity index (χ2n) is 4.62. The normalized spacial score (nSPS) is 16.5. The summed E-state index contributed by atoms with van der Waals surface area (Å²) in [5.41, 5.74) is -1.12. The third-order valence-electron chi connectivity index (χ3n) is 3.14. The summed E-state index contributed by atoms with van der Waals surface area (Å²) in [6.45, 7) is 1.10. The number of benzene rings is 1. The van der Waals surface area contributed by atoms with Crippen LogP contribution in [-0.2, 0) is 6.18 Å². The molecule has 1 aromatic rings. The van der Waals surface area contributed by atoms with Gasteiger partial charge in [0.2, 0.25) is 0 Å². The van der Waals surface area contributed by atoms with Crippen LogP contribution in [0.1, 0.15) is 35.2 Å². The van der Waals surface area contributed by atoms with Gasteiger partial charge in [-0.1, -0.05) is 0 Å². The Balaban J connectivity index is 2.28. The van der Waals surface area contributed by atoms with Crippen molar-refractivity contribution < 1.29 is 23.1 Å². The minimum atomic E-state index is -4.57. The van der Waals surface area contributed by atoms with E-state index in [1.807, 2.05) is 0 Å². The molecule has 1 amide bonds. The number of nitrogens with zero attached hydrogens (tertiary/aromatic N) is 1. The van der Waals surface area contributed by atoms with E-state index in [2.05, 4.69) is 0 Å². The van der Waals surface area contributed by atoms with Gasteiger partial charge < -0.3 is 10.0 Å². The number of likely N-dealkylation sites (tertiary alicyclic amines) is 1. The Labute approximate surface area is 108 Å². The van der Waals surface area contributed by atoms with Gasteiger partial charge in [0, 0.05) is 18.7 Å². The van der Waals surface area contributed by atoms with Crippen molar-refractivity contribution in [1.29, 1.82) is 0 Å². The van der Waals surface area contributed by atoms with Gasteiger partial charge in [-0.05, 0) is 37.5 Å². The molecule has 0 radical (unpaired) electrons. The number of phenols is 1. The van der Waals surface area contributed by atoms with Gasteiger partial charge in [-0.15, -0.1) is 0 Å². The van der Waals surface area contributed by atoms with Crippen LogP contribution >= 0.6 is 0 Å². The molecule has 1 heterocycles. The molecule has 1 fully saturated rings. The molecule has 1 saturated heterocycles. The SMILES string of the molecule is O=C(c1cc(O)cc(C(F)(F)F)c1)N1CCCCC1. The van der Waals surface area contributed by atoms with Crippen molar-refractivity contribution in [2.24, 2.45) is 0 Å². The fourth-order valence-corrected chi connectivity index (χ4v) is 2.18. The van der Waals surface area contributed by atoms with Gasteiger partial charge in [0.25, 0.3) is 5.91 Å². The predicted molar refractivity (Wildman–Crippen MR) is 62.9 cm³/mol. The van der Waals surface area contributed by atoms with Gasteiger partial charge in [0.15, 0.2) is 0 Å². The summed E-state index contributed by atoms with van der Waals surface area (Å²) in [4.78, 5) is 13.6. The lowest BCUT2D eigenvalue weighted by atomic mass is 10.1. The molecule has 0 saturated carbocycles. The number of alkyl halides is 3. The summed E-state index contributed by atoms with van der Waals surface area (Å²) in [6, 6.07) is 2.48. The van der Waals surface area contributed by atoms with Crippen molar-refractivity contribution in [3.63, 3.8) is 0 Å². The average molecular weight is 273 g/mol. The molecule has 1 aromatic carbocycles. The molecule has 1 N–H and O–H groups in total. The van der Waals surface area contributed by atoms with Crippen LogP contribution in [0.3, 0.4) is 0 Å². The molecule has 6 heteroatoms. The highest BCUT2D eigenvalue weighted by molar-refractivity contribution is 5.95. The number of amides is 1. The van der Waals surface area contributed by atoms with E-state index in [1.165, 1.54) is 4.90 Å². The van der Waals surface area contributed by atoms with E-state index in [-0.39, 0.29) is 5.56 Å².